The lowest BCUT2D eigenvalue weighted by molar-refractivity contribution is 0.557. The van der Waals surface area contributed by atoms with Gasteiger partial charge in [0.15, 0.2) is 0 Å². The second-order valence-electron chi connectivity index (χ2n) is 6.56. The molecule has 0 saturated heterocycles. The van der Waals surface area contributed by atoms with Crippen LogP contribution in [0.2, 0.25) is 5.02 Å². The molecule has 0 spiro atoms. The van der Waals surface area contributed by atoms with Crippen LogP contribution in [0.1, 0.15) is 41.3 Å². The zero-order valence-corrected chi connectivity index (χ0v) is 15.4. The van der Waals surface area contributed by atoms with Crippen molar-refractivity contribution in [1.82, 2.24) is 15.1 Å². The number of aryl methyl sites for hydroxylation is 2. The van der Waals surface area contributed by atoms with Crippen molar-refractivity contribution in [3.05, 3.63) is 64.0 Å². The number of nitrogens with one attached hydrogen (secondary N) is 1. The lowest BCUT2D eigenvalue weighted by Gasteiger charge is -2.15. The number of halogens is 1. The molecule has 0 unspecified atom stereocenters. The standard InChI is InChI=1S/C20H23ClN4/c1-14-20(15(2)25(24-14)10-4-9-22)17-7-8-19(12-17)23-13-16-5-3-6-18(21)11-16/h3,5-8,11,17,19,23H,4,10,12-13H2,1-2H3/t17-,19+/m0/s1. The van der Waals surface area contributed by atoms with Crippen molar-refractivity contribution in [2.45, 2.75) is 51.7 Å². The van der Waals surface area contributed by atoms with E-state index in [0.717, 1.165) is 23.7 Å². The first-order valence-corrected chi connectivity index (χ1v) is 9.03. The molecule has 4 nitrogen and oxygen atoms in total. The first kappa shape index (κ1) is 17.7. The Morgan fingerprint density at radius 2 is 2.20 bits per heavy atom. The molecule has 0 bridgehead atoms. The number of benzene rings is 1. The van der Waals surface area contributed by atoms with Gasteiger partial charge in [0.2, 0.25) is 0 Å². The molecule has 1 aliphatic carbocycles. The predicted octanol–water partition coefficient (Wildman–Crippen LogP) is 4.27. The molecular formula is C20H23ClN4. The minimum absolute atomic E-state index is 0.352. The summed E-state index contributed by atoms with van der Waals surface area (Å²) in [6.45, 7) is 5.64. The molecule has 1 aromatic heterocycles. The maximum atomic E-state index is 8.79. The Morgan fingerprint density at radius 3 is 2.96 bits per heavy atom. The van der Waals surface area contributed by atoms with E-state index in [1.165, 1.54) is 16.8 Å². The highest BCUT2D eigenvalue weighted by atomic mass is 35.5. The molecular weight excluding hydrogens is 332 g/mol. The van der Waals surface area contributed by atoms with Gasteiger partial charge in [-0.25, -0.2) is 0 Å². The van der Waals surface area contributed by atoms with E-state index in [9.17, 15) is 0 Å². The first-order chi connectivity index (χ1) is 12.1. The molecule has 1 N–H and O–H groups in total. The molecule has 2 atom stereocenters. The summed E-state index contributed by atoms with van der Waals surface area (Å²) in [5.41, 5.74) is 4.75. The van der Waals surface area contributed by atoms with E-state index in [2.05, 4.69) is 48.6 Å². The van der Waals surface area contributed by atoms with E-state index in [4.69, 9.17) is 16.9 Å². The molecule has 1 aliphatic rings. The van der Waals surface area contributed by atoms with Crippen LogP contribution in [0.4, 0.5) is 0 Å². The summed E-state index contributed by atoms with van der Waals surface area (Å²) in [5, 5.41) is 17.8. The summed E-state index contributed by atoms with van der Waals surface area (Å²) >= 11 is 6.05. The molecule has 1 aromatic carbocycles. The fourth-order valence-electron chi connectivity index (χ4n) is 3.58. The Morgan fingerprint density at radius 1 is 1.36 bits per heavy atom. The minimum Gasteiger partial charge on any atom is -0.306 e. The largest absolute Gasteiger partial charge is 0.306 e. The molecule has 130 valence electrons. The van der Waals surface area contributed by atoms with Crippen molar-refractivity contribution < 1.29 is 0 Å². The third-order valence-electron chi connectivity index (χ3n) is 4.78. The van der Waals surface area contributed by atoms with Crippen LogP contribution < -0.4 is 5.32 Å². The Labute approximate surface area is 154 Å². The fourth-order valence-corrected chi connectivity index (χ4v) is 3.79. The molecule has 1 heterocycles. The van der Waals surface area contributed by atoms with Crippen LogP contribution in [0.3, 0.4) is 0 Å². The second-order valence-corrected chi connectivity index (χ2v) is 7.00. The molecule has 0 amide bonds. The molecule has 0 aliphatic heterocycles. The van der Waals surface area contributed by atoms with Crippen LogP contribution in [0.5, 0.6) is 0 Å². The Kier molecular flexibility index (Phi) is 5.57. The molecule has 0 radical (unpaired) electrons. The summed E-state index contributed by atoms with van der Waals surface area (Å²) in [6, 6.07) is 10.5. The van der Waals surface area contributed by atoms with Crippen LogP contribution in [0.25, 0.3) is 0 Å². The van der Waals surface area contributed by atoms with Crippen LogP contribution >= 0.6 is 11.6 Å². The van der Waals surface area contributed by atoms with Gasteiger partial charge in [-0.1, -0.05) is 35.9 Å². The second kappa shape index (κ2) is 7.86. The first-order valence-electron chi connectivity index (χ1n) is 8.65. The molecule has 3 rings (SSSR count). The molecule has 2 aromatic rings. The zero-order valence-electron chi connectivity index (χ0n) is 14.7. The highest BCUT2D eigenvalue weighted by Gasteiger charge is 2.25. The minimum atomic E-state index is 0.352. The van der Waals surface area contributed by atoms with Gasteiger partial charge in [-0.15, -0.1) is 0 Å². The van der Waals surface area contributed by atoms with E-state index in [1.807, 2.05) is 22.9 Å². The van der Waals surface area contributed by atoms with Crippen LogP contribution in [0.15, 0.2) is 36.4 Å². The maximum Gasteiger partial charge on any atom is 0.0641 e. The lowest BCUT2D eigenvalue weighted by atomic mass is 9.96. The van der Waals surface area contributed by atoms with E-state index in [0.29, 0.717) is 24.9 Å². The van der Waals surface area contributed by atoms with Crippen molar-refractivity contribution in [1.29, 1.82) is 5.26 Å². The monoisotopic (exact) mass is 354 g/mol. The Bertz CT molecular complexity index is 816. The number of nitriles is 1. The van der Waals surface area contributed by atoms with E-state index >= 15 is 0 Å². The predicted molar refractivity (Wildman–Crippen MR) is 101 cm³/mol. The summed E-state index contributed by atoms with van der Waals surface area (Å²) in [5.74, 6) is 0.382. The van der Waals surface area contributed by atoms with Gasteiger partial charge in [0.25, 0.3) is 0 Å². The van der Waals surface area contributed by atoms with Gasteiger partial charge in [0.05, 0.1) is 24.7 Å². The number of rotatable bonds is 6. The zero-order chi connectivity index (χ0) is 17.8. The van der Waals surface area contributed by atoms with Crippen molar-refractivity contribution in [2.24, 2.45) is 0 Å². The Balaban J connectivity index is 1.62. The van der Waals surface area contributed by atoms with Gasteiger partial charge >= 0.3 is 0 Å². The van der Waals surface area contributed by atoms with Crippen molar-refractivity contribution in [3.63, 3.8) is 0 Å². The fraction of sp³-hybridized carbons (Fsp3) is 0.400. The third-order valence-corrected chi connectivity index (χ3v) is 5.02. The maximum absolute atomic E-state index is 8.79. The van der Waals surface area contributed by atoms with E-state index < -0.39 is 0 Å². The SMILES string of the molecule is Cc1nn(CCC#N)c(C)c1[C@H]1C=C[C@@H](NCc2cccc(Cl)c2)C1. The van der Waals surface area contributed by atoms with Crippen LogP contribution in [-0.4, -0.2) is 15.8 Å². The van der Waals surface area contributed by atoms with Gasteiger partial charge in [0, 0.05) is 34.8 Å². The van der Waals surface area contributed by atoms with Gasteiger partial charge in [0.1, 0.15) is 0 Å². The van der Waals surface area contributed by atoms with Crippen molar-refractivity contribution >= 4 is 11.6 Å². The third kappa shape index (κ3) is 4.12. The van der Waals surface area contributed by atoms with Crippen LogP contribution in [-0.2, 0) is 13.1 Å². The molecule has 0 saturated carbocycles. The number of hydrogen-bond donors (Lipinski definition) is 1. The number of hydrogen-bond acceptors (Lipinski definition) is 3. The lowest BCUT2D eigenvalue weighted by Crippen LogP contribution is -2.25. The number of aromatic nitrogens is 2. The van der Waals surface area contributed by atoms with Gasteiger partial charge < -0.3 is 5.32 Å². The van der Waals surface area contributed by atoms with Gasteiger partial charge in [-0.2, -0.15) is 10.4 Å². The Hall–Kier alpha value is -2.09. The summed E-state index contributed by atoms with van der Waals surface area (Å²) < 4.78 is 1.97. The highest BCUT2D eigenvalue weighted by Crippen LogP contribution is 2.33. The van der Waals surface area contributed by atoms with Crippen molar-refractivity contribution in [2.75, 3.05) is 0 Å². The average molecular weight is 355 g/mol. The molecule has 25 heavy (non-hydrogen) atoms. The van der Waals surface area contributed by atoms with E-state index in [-0.39, 0.29) is 0 Å². The molecule has 0 fully saturated rings. The smallest absolute Gasteiger partial charge is 0.0641 e. The topological polar surface area (TPSA) is 53.6 Å². The van der Waals surface area contributed by atoms with Crippen LogP contribution in [0, 0.1) is 25.2 Å². The molecule has 5 heteroatoms. The van der Waals surface area contributed by atoms with Gasteiger partial charge in [-0.3, -0.25) is 4.68 Å². The summed E-state index contributed by atoms with van der Waals surface area (Å²) in [7, 11) is 0. The quantitative estimate of drug-likeness (QED) is 0.788. The average Bonchev–Trinajstić information content (AvgIpc) is 3.15. The normalized spacial score (nSPS) is 19.3. The summed E-state index contributed by atoms with van der Waals surface area (Å²) in [4.78, 5) is 0. The van der Waals surface area contributed by atoms with Gasteiger partial charge in [-0.05, 0) is 38.0 Å². The number of allylic oxidation sites excluding steroid dienone is 1. The van der Waals surface area contributed by atoms with Crippen molar-refractivity contribution in [3.8, 4) is 6.07 Å². The highest BCUT2D eigenvalue weighted by molar-refractivity contribution is 6.30. The number of nitrogens with zero attached hydrogens (tertiary/aromatic N) is 3. The summed E-state index contributed by atoms with van der Waals surface area (Å²) in [6.07, 6.45) is 6.06. The van der Waals surface area contributed by atoms with E-state index in [1.54, 1.807) is 0 Å².